The van der Waals surface area contributed by atoms with E-state index in [4.69, 9.17) is 14.2 Å². The normalized spacial score (nSPS) is 14.4. The Morgan fingerprint density at radius 1 is 0.682 bits per heavy atom. The van der Waals surface area contributed by atoms with Crippen molar-refractivity contribution in [2.24, 2.45) is 51.9 Å². The number of benzene rings is 3. The lowest BCUT2D eigenvalue weighted by atomic mass is 9.57. The van der Waals surface area contributed by atoms with Crippen LogP contribution in [0.25, 0.3) is 17.1 Å². The van der Waals surface area contributed by atoms with Crippen molar-refractivity contribution in [3.63, 3.8) is 0 Å². The van der Waals surface area contributed by atoms with Crippen LogP contribution in [0.1, 0.15) is 168 Å². The first kappa shape index (κ1) is 59.6. The van der Waals surface area contributed by atoms with Crippen molar-refractivity contribution in [3.8, 4) is 22.8 Å². The van der Waals surface area contributed by atoms with Crippen LogP contribution in [0.4, 0.5) is 0 Å². The van der Waals surface area contributed by atoms with Crippen molar-refractivity contribution >= 4 is 11.9 Å². The third kappa shape index (κ3) is 16.4. The second kappa shape index (κ2) is 26.2. The van der Waals surface area contributed by atoms with Crippen LogP contribution < -0.4 is 9.30 Å². The van der Waals surface area contributed by atoms with Gasteiger partial charge in [-0.2, -0.15) is 4.57 Å². The minimum absolute atomic E-state index is 0.00923. The molecule has 0 aliphatic rings. The number of esters is 2. The van der Waals surface area contributed by atoms with Gasteiger partial charge in [0, 0.05) is 0 Å². The van der Waals surface area contributed by atoms with Crippen molar-refractivity contribution in [3.05, 3.63) is 102 Å². The van der Waals surface area contributed by atoms with E-state index in [0.717, 1.165) is 35.3 Å². The summed E-state index contributed by atoms with van der Waals surface area (Å²) in [7, 11) is 3.49. The lowest BCUT2D eigenvalue weighted by molar-refractivity contribution is -0.659. The van der Waals surface area contributed by atoms with Gasteiger partial charge in [0.05, 0.1) is 30.6 Å². The molecule has 0 saturated heterocycles. The van der Waals surface area contributed by atoms with E-state index in [-0.39, 0.29) is 47.8 Å². The zero-order valence-corrected chi connectivity index (χ0v) is 45.9. The predicted molar refractivity (Wildman–Crippen MR) is 279 cm³/mol. The number of hydrogen-bond donors (Lipinski definition) is 0. The maximum atomic E-state index is 14.5. The van der Waals surface area contributed by atoms with Gasteiger partial charge in [-0.3, -0.25) is 9.59 Å². The summed E-state index contributed by atoms with van der Waals surface area (Å²) in [6.07, 6.45) is 6.08. The molecule has 7 heteroatoms. The zero-order valence-electron chi connectivity index (χ0n) is 45.9. The van der Waals surface area contributed by atoms with Crippen LogP contribution >= 0.6 is 0 Å². The number of nitrogens with zero attached hydrogens (tertiary/aromatic N) is 2. The van der Waals surface area contributed by atoms with Crippen LogP contribution in [0.5, 0.6) is 5.75 Å². The molecule has 7 nitrogen and oxygen atoms in total. The Kier molecular flexibility index (Phi) is 23.7. The highest BCUT2D eigenvalue weighted by molar-refractivity contribution is 5.79. The van der Waals surface area contributed by atoms with Gasteiger partial charge in [-0.25, -0.2) is 4.57 Å². The number of ether oxygens (including phenoxy) is 3. The fourth-order valence-electron chi connectivity index (χ4n) is 8.44. The molecule has 0 spiro atoms. The second-order valence-corrected chi connectivity index (χ2v) is 21.9. The van der Waals surface area contributed by atoms with Gasteiger partial charge in [-0.15, -0.1) is 0 Å². The van der Waals surface area contributed by atoms with Crippen molar-refractivity contribution < 1.29 is 28.4 Å². The zero-order chi connectivity index (χ0) is 50.8. The molecular formula is C59H95N2O5+. The smallest absolute Gasteiger partial charge is 0.312 e. The number of carbonyl (C=O) groups excluding carboxylic acids is 2. The van der Waals surface area contributed by atoms with Crippen molar-refractivity contribution in [1.82, 2.24) is 4.57 Å². The number of para-hydroxylation sites is 1. The van der Waals surface area contributed by atoms with E-state index in [1.165, 1.54) is 18.2 Å². The van der Waals surface area contributed by atoms with Crippen molar-refractivity contribution in [2.45, 2.75) is 164 Å². The molecule has 0 aliphatic carbocycles. The monoisotopic (exact) mass is 912 g/mol. The highest BCUT2D eigenvalue weighted by Gasteiger charge is 2.52. The SMILES string of the molecule is CC.CC.CC(C)C(C)C.COC(=O)C(C)(CC(C)C(C)(CC(C)(C)CC(c1ccccc1)C(C)(C)C)C(=O)OCCOc1ccc(-c2n(-c3ccccc3C)cc[n+]2C)cc1)C(C)(C)C. The maximum absolute atomic E-state index is 14.5. The van der Waals surface area contributed by atoms with Gasteiger partial charge < -0.3 is 14.2 Å². The molecule has 1 aromatic heterocycles. The molecular weight excluding hydrogens is 817 g/mol. The fourth-order valence-corrected chi connectivity index (χ4v) is 8.44. The first-order chi connectivity index (χ1) is 30.7. The molecule has 370 valence electrons. The summed E-state index contributed by atoms with van der Waals surface area (Å²) in [5, 5.41) is 0. The standard InChI is InChI=1S/C49H69N2O5.C6H14.2C2H6/c1-35-20-18-19-23-41(35)51-29-28-50(13)42(51)38-24-26-39(27-25-38)55-30-31-56-43(52)48(11,36(2)32-49(12,44(53)54-14)46(6,7)8)34-47(9,10)33-40(45(3,4)5)37-21-16-15-17-22-37;1-5(2)6(3)4;2*1-2/h15-29,36,40H,30-34H2,1-14H3;5-6H,1-4H3;2*1-2H3/q+1;;;. The highest BCUT2D eigenvalue weighted by Crippen LogP contribution is 2.53. The highest BCUT2D eigenvalue weighted by atomic mass is 16.6. The van der Waals surface area contributed by atoms with Crippen LogP contribution in [0.15, 0.2) is 91.3 Å². The van der Waals surface area contributed by atoms with Crippen molar-refractivity contribution in [2.75, 3.05) is 20.3 Å². The summed E-state index contributed by atoms with van der Waals surface area (Å²) in [5.74, 6) is 3.01. The minimum atomic E-state index is -0.896. The molecule has 0 saturated carbocycles. The van der Waals surface area contributed by atoms with Gasteiger partial charge in [-0.1, -0.05) is 166 Å². The summed E-state index contributed by atoms with van der Waals surface area (Å²) < 4.78 is 21.9. The van der Waals surface area contributed by atoms with E-state index in [2.05, 4.69) is 185 Å². The van der Waals surface area contributed by atoms with E-state index >= 15 is 0 Å². The quantitative estimate of drug-likeness (QED) is 0.0600. The van der Waals surface area contributed by atoms with E-state index in [1.807, 2.05) is 60.7 Å². The van der Waals surface area contributed by atoms with Gasteiger partial charge in [-0.05, 0) is 121 Å². The fraction of sp³-hybridized carbons (Fsp3) is 0.610. The first-order valence-electron chi connectivity index (χ1n) is 24.9. The van der Waals surface area contributed by atoms with Gasteiger partial charge in [0.2, 0.25) is 0 Å². The number of rotatable bonds is 17. The average molecular weight is 912 g/mol. The molecule has 0 radical (unpaired) electrons. The number of hydrogen-bond acceptors (Lipinski definition) is 5. The van der Waals surface area contributed by atoms with Gasteiger partial charge >= 0.3 is 11.9 Å². The minimum Gasteiger partial charge on any atom is -0.490 e. The molecule has 66 heavy (non-hydrogen) atoms. The van der Waals surface area contributed by atoms with Crippen LogP contribution in [0, 0.1) is 51.8 Å². The molecule has 4 unspecified atom stereocenters. The lowest BCUT2D eigenvalue weighted by Crippen LogP contribution is -2.47. The van der Waals surface area contributed by atoms with Crippen LogP contribution in [0.2, 0.25) is 0 Å². The number of carbonyl (C=O) groups is 2. The molecule has 0 N–H and O–H groups in total. The number of aryl methyl sites for hydroxylation is 2. The number of aromatic nitrogens is 2. The summed E-state index contributed by atoms with van der Waals surface area (Å²) in [6, 6.07) is 27.1. The first-order valence-corrected chi connectivity index (χ1v) is 24.9. The van der Waals surface area contributed by atoms with Gasteiger partial charge in [0.15, 0.2) is 0 Å². The molecule has 4 atom stereocenters. The molecule has 0 bridgehead atoms. The molecule has 0 aliphatic heterocycles. The Bertz CT molecular complexity index is 2010. The predicted octanol–water partition coefficient (Wildman–Crippen LogP) is 15.4. The number of methoxy groups -OCH3 is 1. The number of imidazole rings is 1. The largest absolute Gasteiger partial charge is 0.490 e. The molecule has 1 heterocycles. The maximum Gasteiger partial charge on any atom is 0.312 e. The van der Waals surface area contributed by atoms with Gasteiger partial charge in [0.25, 0.3) is 5.82 Å². The van der Waals surface area contributed by atoms with Crippen LogP contribution in [0.3, 0.4) is 0 Å². The van der Waals surface area contributed by atoms with Crippen LogP contribution in [-0.2, 0) is 26.1 Å². The average Bonchev–Trinajstić information content (AvgIpc) is 3.65. The third-order valence-electron chi connectivity index (χ3n) is 13.8. The Hall–Kier alpha value is -4.39. The summed E-state index contributed by atoms with van der Waals surface area (Å²) >= 11 is 0. The van der Waals surface area contributed by atoms with E-state index in [9.17, 15) is 9.59 Å². The summed E-state index contributed by atoms with van der Waals surface area (Å²) in [4.78, 5) is 27.9. The van der Waals surface area contributed by atoms with Crippen molar-refractivity contribution in [1.29, 1.82) is 0 Å². The molecule has 3 aromatic carbocycles. The Morgan fingerprint density at radius 2 is 1.21 bits per heavy atom. The molecule has 4 aromatic rings. The van der Waals surface area contributed by atoms with Gasteiger partial charge in [0.1, 0.15) is 37.0 Å². The second-order valence-electron chi connectivity index (χ2n) is 21.9. The van der Waals surface area contributed by atoms with E-state index in [1.54, 1.807) is 0 Å². The van der Waals surface area contributed by atoms with E-state index in [0.29, 0.717) is 18.6 Å². The Morgan fingerprint density at radius 3 is 1.70 bits per heavy atom. The topological polar surface area (TPSA) is 70.6 Å². The summed E-state index contributed by atoms with van der Waals surface area (Å²) in [5.41, 5.74) is 2.34. The Labute approximate surface area is 404 Å². The summed E-state index contributed by atoms with van der Waals surface area (Å²) in [6.45, 7) is 43.1. The third-order valence-corrected chi connectivity index (χ3v) is 13.8. The molecule has 4 rings (SSSR count). The lowest BCUT2D eigenvalue weighted by Gasteiger charge is -2.47. The Balaban J connectivity index is 0.00000198. The van der Waals surface area contributed by atoms with E-state index < -0.39 is 16.2 Å². The molecule has 0 amide bonds. The molecule has 0 fully saturated rings. The van der Waals surface area contributed by atoms with Crippen LogP contribution in [-0.4, -0.2) is 36.8 Å².